The van der Waals surface area contributed by atoms with E-state index >= 15 is 0 Å². The molecule has 1 fully saturated rings. The van der Waals surface area contributed by atoms with E-state index in [0.29, 0.717) is 5.02 Å². The quantitative estimate of drug-likeness (QED) is 0.819. The van der Waals surface area contributed by atoms with Crippen molar-refractivity contribution in [1.82, 2.24) is 4.81 Å². The van der Waals surface area contributed by atoms with Crippen LogP contribution in [0.4, 0.5) is 0 Å². The molecule has 0 saturated carbocycles. The molecule has 1 saturated heterocycles. The standard InChI is InChI=1S/C16H24BClNO2/c1-3-9-16(20,13-6-4-8-15(18)11-13)14-7-5-10-19(12-14)17-21-2/h4,6,8,11,14,20H,3,5,7,9-10,12H2,1-2H3/t14-,16+/m1/s1. The topological polar surface area (TPSA) is 32.7 Å². The minimum atomic E-state index is -0.820. The van der Waals surface area contributed by atoms with Crippen LogP contribution in [0.3, 0.4) is 0 Å². The van der Waals surface area contributed by atoms with Crippen molar-refractivity contribution in [1.29, 1.82) is 0 Å². The van der Waals surface area contributed by atoms with Crippen molar-refractivity contribution >= 4 is 19.2 Å². The number of rotatable bonds is 6. The second-order valence-corrected chi connectivity index (χ2v) is 6.30. The number of piperidine rings is 1. The predicted molar refractivity (Wildman–Crippen MR) is 87.3 cm³/mol. The average molecular weight is 309 g/mol. The number of nitrogens with zero attached hydrogens (tertiary/aromatic N) is 1. The maximum atomic E-state index is 11.4. The summed E-state index contributed by atoms with van der Waals surface area (Å²) in [6.07, 6.45) is 3.78. The summed E-state index contributed by atoms with van der Waals surface area (Å²) in [7, 11) is 3.43. The van der Waals surface area contributed by atoms with E-state index in [-0.39, 0.29) is 5.92 Å². The third-order valence-electron chi connectivity index (χ3n) is 4.34. The van der Waals surface area contributed by atoms with Crippen LogP contribution < -0.4 is 0 Å². The van der Waals surface area contributed by atoms with E-state index in [1.54, 1.807) is 14.7 Å². The minimum Gasteiger partial charge on any atom is -0.427 e. The second kappa shape index (κ2) is 7.64. The Labute approximate surface area is 133 Å². The van der Waals surface area contributed by atoms with Gasteiger partial charge in [0.05, 0.1) is 5.60 Å². The molecule has 115 valence electrons. The SMILES string of the molecule is CCC[C@](O)(c1cccc(Cl)c1)[C@@H]1CCCN([B]OC)C1. The zero-order chi connectivity index (χ0) is 15.3. The van der Waals surface area contributed by atoms with Gasteiger partial charge in [-0.1, -0.05) is 37.1 Å². The molecule has 0 spiro atoms. The van der Waals surface area contributed by atoms with Crippen LogP contribution in [0.2, 0.25) is 5.02 Å². The average Bonchev–Trinajstić information content (AvgIpc) is 2.48. The van der Waals surface area contributed by atoms with Gasteiger partial charge in [0, 0.05) is 18.1 Å². The molecule has 0 unspecified atom stereocenters. The molecule has 1 aromatic carbocycles. The summed E-state index contributed by atoms with van der Waals surface area (Å²) in [5.74, 6) is 0.191. The van der Waals surface area contributed by atoms with Gasteiger partial charge in [0.2, 0.25) is 0 Å². The molecule has 0 bridgehead atoms. The van der Waals surface area contributed by atoms with Crippen LogP contribution in [-0.2, 0) is 10.3 Å². The monoisotopic (exact) mass is 308 g/mol. The Hall–Kier alpha value is -0.545. The lowest BCUT2D eigenvalue weighted by molar-refractivity contribution is -0.0519. The Balaban J connectivity index is 2.24. The highest BCUT2D eigenvalue weighted by atomic mass is 35.5. The molecule has 5 heteroatoms. The summed E-state index contributed by atoms with van der Waals surface area (Å²) in [6.45, 7) is 3.91. The van der Waals surface area contributed by atoms with Crippen molar-refractivity contribution in [2.75, 3.05) is 20.2 Å². The number of hydrogen-bond acceptors (Lipinski definition) is 3. The second-order valence-electron chi connectivity index (χ2n) is 5.86. The number of halogens is 1. The van der Waals surface area contributed by atoms with Crippen LogP contribution in [0.25, 0.3) is 0 Å². The summed E-state index contributed by atoms with van der Waals surface area (Å²) in [5, 5.41) is 12.1. The molecular formula is C16H24BClNO2. The van der Waals surface area contributed by atoms with Crippen LogP contribution in [0, 0.1) is 5.92 Å². The number of benzene rings is 1. The first kappa shape index (κ1) is 16.8. The molecule has 1 radical (unpaired) electrons. The fourth-order valence-electron chi connectivity index (χ4n) is 3.36. The highest BCUT2D eigenvalue weighted by molar-refractivity contribution is 6.30. The van der Waals surface area contributed by atoms with E-state index in [9.17, 15) is 5.11 Å². The van der Waals surface area contributed by atoms with E-state index in [1.807, 2.05) is 24.3 Å². The minimum absolute atomic E-state index is 0.191. The third-order valence-corrected chi connectivity index (χ3v) is 4.57. The molecule has 1 aliphatic rings. The molecular weight excluding hydrogens is 284 g/mol. The van der Waals surface area contributed by atoms with Crippen LogP contribution >= 0.6 is 11.6 Å². The van der Waals surface area contributed by atoms with Gasteiger partial charge in [-0.3, -0.25) is 0 Å². The smallest absolute Gasteiger partial charge is 0.398 e. The Kier molecular flexibility index (Phi) is 6.12. The third kappa shape index (κ3) is 4.01. The van der Waals surface area contributed by atoms with Crippen molar-refractivity contribution < 1.29 is 9.76 Å². The van der Waals surface area contributed by atoms with E-state index < -0.39 is 5.60 Å². The summed E-state index contributed by atoms with van der Waals surface area (Å²) < 4.78 is 5.13. The lowest BCUT2D eigenvalue weighted by Crippen LogP contribution is -2.47. The van der Waals surface area contributed by atoms with E-state index in [2.05, 4.69) is 11.7 Å². The van der Waals surface area contributed by atoms with Gasteiger partial charge in [-0.25, -0.2) is 0 Å². The molecule has 2 rings (SSSR count). The van der Waals surface area contributed by atoms with Gasteiger partial charge < -0.3 is 14.6 Å². The predicted octanol–water partition coefficient (Wildman–Crippen LogP) is 3.22. The summed E-state index contributed by atoms with van der Waals surface area (Å²) in [4.78, 5) is 2.15. The van der Waals surface area contributed by atoms with E-state index in [0.717, 1.165) is 44.3 Å². The molecule has 1 N–H and O–H groups in total. The fraction of sp³-hybridized carbons (Fsp3) is 0.625. The highest BCUT2D eigenvalue weighted by Gasteiger charge is 2.40. The summed E-state index contributed by atoms with van der Waals surface area (Å²) in [5.41, 5.74) is 0.112. The first-order chi connectivity index (χ1) is 10.1. The van der Waals surface area contributed by atoms with Crippen LogP contribution in [0.5, 0.6) is 0 Å². The molecule has 1 heterocycles. The fourth-order valence-corrected chi connectivity index (χ4v) is 3.55. The highest BCUT2D eigenvalue weighted by Crippen LogP contribution is 2.39. The maximum absolute atomic E-state index is 11.4. The maximum Gasteiger partial charge on any atom is 0.398 e. The summed E-state index contributed by atoms with van der Waals surface area (Å²) >= 11 is 6.12. The van der Waals surface area contributed by atoms with Crippen molar-refractivity contribution in [2.24, 2.45) is 5.92 Å². The van der Waals surface area contributed by atoms with E-state index in [1.165, 1.54) is 0 Å². The molecule has 1 aliphatic heterocycles. The molecule has 3 nitrogen and oxygen atoms in total. The number of hydrogen-bond donors (Lipinski definition) is 1. The van der Waals surface area contributed by atoms with E-state index in [4.69, 9.17) is 16.3 Å². The van der Waals surface area contributed by atoms with Gasteiger partial charge in [0.25, 0.3) is 0 Å². The molecule has 1 aromatic rings. The molecule has 2 atom stereocenters. The first-order valence-corrected chi connectivity index (χ1v) is 8.06. The van der Waals surface area contributed by atoms with Gasteiger partial charge in [0.15, 0.2) is 0 Å². The Morgan fingerprint density at radius 2 is 2.33 bits per heavy atom. The Morgan fingerprint density at radius 1 is 1.52 bits per heavy atom. The molecule has 0 amide bonds. The van der Waals surface area contributed by atoms with Gasteiger partial charge in [-0.05, 0) is 50.0 Å². The zero-order valence-corrected chi connectivity index (χ0v) is 13.6. The van der Waals surface area contributed by atoms with Gasteiger partial charge >= 0.3 is 7.62 Å². The van der Waals surface area contributed by atoms with Crippen LogP contribution in [0.1, 0.15) is 38.2 Å². The lowest BCUT2D eigenvalue weighted by Gasteiger charge is -2.42. The van der Waals surface area contributed by atoms with Crippen molar-refractivity contribution in [3.63, 3.8) is 0 Å². The molecule has 21 heavy (non-hydrogen) atoms. The molecule has 0 aromatic heterocycles. The van der Waals surface area contributed by atoms with Gasteiger partial charge in [-0.2, -0.15) is 0 Å². The molecule has 0 aliphatic carbocycles. The van der Waals surface area contributed by atoms with Crippen molar-refractivity contribution in [3.8, 4) is 0 Å². The largest absolute Gasteiger partial charge is 0.427 e. The summed E-state index contributed by atoms with van der Waals surface area (Å²) in [6, 6.07) is 7.65. The van der Waals surface area contributed by atoms with Crippen molar-refractivity contribution in [3.05, 3.63) is 34.9 Å². The van der Waals surface area contributed by atoms with Crippen LogP contribution in [0.15, 0.2) is 24.3 Å². The Morgan fingerprint density at radius 3 is 3.00 bits per heavy atom. The zero-order valence-electron chi connectivity index (χ0n) is 12.9. The van der Waals surface area contributed by atoms with Crippen LogP contribution in [-0.4, -0.2) is 37.7 Å². The first-order valence-electron chi connectivity index (χ1n) is 7.68. The van der Waals surface area contributed by atoms with Gasteiger partial charge in [0.1, 0.15) is 0 Å². The van der Waals surface area contributed by atoms with Crippen molar-refractivity contribution in [2.45, 2.75) is 38.2 Å². The van der Waals surface area contributed by atoms with Gasteiger partial charge in [-0.15, -0.1) is 0 Å². The number of aliphatic hydroxyl groups is 1. The Bertz CT molecular complexity index is 458. The lowest BCUT2D eigenvalue weighted by atomic mass is 9.73. The normalized spacial score (nSPS) is 22.8.